The molecule has 0 spiro atoms. The highest BCUT2D eigenvalue weighted by Crippen LogP contribution is 2.17. The summed E-state index contributed by atoms with van der Waals surface area (Å²) in [7, 11) is 0. The zero-order chi connectivity index (χ0) is 15.6. The van der Waals surface area contributed by atoms with Gasteiger partial charge in [-0.15, -0.1) is 0 Å². The molecule has 0 saturated carbocycles. The minimum absolute atomic E-state index is 0.108. The highest BCUT2D eigenvalue weighted by molar-refractivity contribution is 9.10. The van der Waals surface area contributed by atoms with Gasteiger partial charge in [0.1, 0.15) is 5.82 Å². The number of carbonyl (C=O) groups is 1. The summed E-state index contributed by atoms with van der Waals surface area (Å²) in [5.74, 6) is 0.918. The van der Waals surface area contributed by atoms with Crippen molar-refractivity contribution >= 4 is 27.7 Å². The number of nitrogens with one attached hydrogen (secondary N) is 1. The van der Waals surface area contributed by atoms with E-state index in [1.807, 2.05) is 33.8 Å². The summed E-state index contributed by atoms with van der Waals surface area (Å²) in [4.78, 5) is 20.5. The van der Waals surface area contributed by atoms with E-state index in [0.29, 0.717) is 18.2 Å². The molecular formula is C14H18BrN5O. The monoisotopic (exact) mass is 351 g/mol. The van der Waals surface area contributed by atoms with Gasteiger partial charge >= 0.3 is 0 Å². The Morgan fingerprint density at radius 3 is 2.43 bits per heavy atom. The molecule has 0 aliphatic carbocycles. The lowest BCUT2D eigenvalue weighted by Gasteiger charge is -2.10. The number of amides is 1. The van der Waals surface area contributed by atoms with E-state index >= 15 is 0 Å². The Kier molecular flexibility index (Phi) is 4.72. The first kappa shape index (κ1) is 15.6. The summed E-state index contributed by atoms with van der Waals surface area (Å²) in [6.07, 6.45) is 0.707. The van der Waals surface area contributed by atoms with Crippen LogP contribution in [0.15, 0.2) is 12.1 Å². The lowest BCUT2D eigenvalue weighted by molar-refractivity contribution is -0.115. The molecule has 0 aromatic carbocycles. The lowest BCUT2D eigenvalue weighted by atomic mass is 10.3. The average molecular weight is 352 g/mol. The van der Waals surface area contributed by atoms with Crippen LogP contribution in [0.5, 0.6) is 0 Å². The van der Waals surface area contributed by atoms with E-state index < -0.39 is 0 Å². The summed E-state index contributed by atoms with van der Waals surface area (Å²) in [5, 5.41) is 7.22. The van der Waals surface area contributed by atoms with Crippen LogP contribution < -0.4 is 5.32 Å². The summed E-state index contributed by atoms with van der Waals surface area (Å²) >= 11 is 3.34. The van der Waals surface area contributed by atoms with Crippen molar-refractivity contribution < 1.29 is 4.79 Å². The molecule has 7 heteroatoms. The minimum Gasteiger partial charge on any atom is -0.309 e. The molecule has 2 aromatic rings. The van der Waals surface area contributed by atoms with Crippen LogP contribution in [0, 0.1) is 20.8 Å². The number of anilines is 1. The van der Waals surface area contributed by atoms with E-state index in [1.54, 1.807) is 10.7 Å². The highest BCUT2D eigenvalue weighted by Gasteiger charge is 2.17. The Balaban J connectivity index is 2.39. The maximum Gasteiger partial charge on any atom is 0.252 e. The third kappa shape index (κ3) is 3.66. The maximum absolute atomic E-state index is 12.0. The Bertz CT molecular complexity index is 647. The Morgan fingerprint density at radius 1 is 1.24 bits per heavy atom. The molecule has 0 radical (unpaired) electrons. The normalized spacial score (nSPS) is 12.2. The molecule has 112 valence electrons. The van der Waals surface area contributed by atoms with Gasteiger partial charge in [0.2, 0.25) is 5.91 Å². The fourth-order valence-electron chi connectivity index (χ4n) is 1.93. The molecule has 1 N–H and O–H groups in total. The van der Waals surface area contributed by atoms with Gasteiger partial charge in [-0.2, -0.15) is 9.78 Å². The van der Waals surface area contributed by atoms with Crippen molar-refractivity contribution in [2.45, 2.75) is 38.9 Å². The van der Waals surface area contributed by atoms with Gasteiger partial charge in [-0.3, -0.25) is 4.79 Å². The largest absolute Gasteiger partial charge is 0.309 e. The lowest BCUT2D eigenvalue weighted by Crippen LogP contribution is -2.24. The summed E-state index contributed by atoms with van der Waals surface area (Å²) < 4.78 is 1.56. The number of rotatable bonds is 4. The first-order chi connectivity index (χ1) is 9.90. The zero-order valence-corrected chi connectivity index (χ0v) is 14.1. The molecule has 0 bridgehead atoms. The summed E-state index contributed by atoms with van der Waals surface area (Å²) in [5.41, 5.74) is 2.50. The summed E-state index contributed by atoms with van der Waals surface area (Å²) in [6, 6.07) is 3.69. The third-order valence-corrected chi connectivity index (χ3v) is 3.95. The molecule has 2 aromatic heterocycles. The Morgan fingerprint density at radius 2 is 1.86 bits per heavy atom. The van der Waals surface area contributed by atoms with Crippen molar-refractivity contribution in [3.05, 3.63) is 29.2 Å². The van der Waals surface area contributed by atoms with Gasteiger partial charge in [-0.25, -0.2) is 9.97 Å². The molecule has 0 aliphatic rings. The van der Waals surface area contributed by atoms with Gasteiger partial charge in [-0.1, -0.05) is 22.9 Å². The number of aromatic nitrogens is 4. The quantitative estimate of drug-likeness (QED) is 0.859. The van der Waals surface area contributed by atoms with Crippen molar-refractivity contribution in [2.75, 3.05) is 5.32 Å². The van der Waals surface area contributed by atoms with Crippen molar-refractivity contribution in [3.8, 4) is 5.95 Å². The number of halogens is 1. The molecule has 2 heterocycles. The van der Waals surface area contributed by atoms with Gasteiger partial charge in [0, 0.05) is 17.5 Å². The van der Waals surface area contributed by atoms with Gasteiger partial charge in [-0.05, 0) is 33.3 Å². The molecule has 1 unspecified atom stereocenters. The maximum atomic E-state index is 12.0. The fraction of sp³-hybridized carbons (Fsp3) is 0.429. The van der Waals surface area contributed by atoms with E-state index in [1.165, 1.54) is 0 Å². The van der Waals surface area contributed by atoms with Crippen LogP contribution in [-0.2, 0) is 4.79 Å². The van der Waals surface area contributed by atoms with Gasteiger partial charge in [0.15, 0.2) is 0 Å². The van der Waals surface area contributed by atoms with E-state index in [4.69, 9.17) is 0 Å². The van der Waals surface area contributed by atoms with Crippen LogP contribution in [0.2, 0.25) is 0 Å². The van der Waals surface area contributed by atoms with Crippen molar-refractivity contribution in [1.82, 2.24) is 19.7 Å². The molecule has 0 fully saturated rings. The highest BCUT2D eigenvalue weighted by atomic mass is 79.9. The first-order valence-corrected chi connectivity index (χ1v) is 7.66. The molecule has 1 atom stereocenters. The molecule has 21 heavy (non-hydrogen) atoms. The Labute approximate surface area is 132 Å². The van der Waals surface area contributed by atoms with Crippen LogP contribution in [0.3, 0.4) is 0 Å². The number of hydrogen-bond acceptors (Lipinski definition) is 4. The molecule has 0 saturated heterocycles. The molecule has 6 nitrogen and oxygen atoms in total. The van der Waals surface area contributed by atoms with Crippen LogP contribution in [0.1, 0.15) is 30.4 Å². The molecule has 0 aliphatic heterocycles. The molecule has 1 amide bonds. The number of carbonyl (C=O) groups excluding carboxylic acids is 1. The number of nitrogens with zero attached hydrogens (tertiary/aromatic N) is 4. The minimum atomic E-state index is -0.235. The van der Waals surface area contributed by atoms with Crippen molar-refractivity contribution in [1.29, 1.82) is 0 Å². The number of hydrogen-bond donors (Lipinski definition) is 1. The Hall–Kier alpha value is -1.76. The zero-order valence-electron chi connectivity index (χ0n) is 12.5. The average Bonchev–Trinajstić information content (AvgIpc) is 2.77. The smallest absolute Gasteiger partial charge is 0.252 e. The number of aryl methyl sites for hydroxylation is 3. The molecular weight excluding hydrogens is 334 g/mol. The first-order valence-electron chi connectivity index (χ1n) is 6.75. The topological polar surface area (TPSA) is 72.7 Å². The van der Waals surface area contributed by atoms with Crippen LogP contribution in [0.4, 0.5) is 5.82 Å². The number of alkyl halides is 1. The second kappa shape index (κ2) is 6.34. The predicted molar refractivity (Wildman–Crippen MR) is 85.0 cm³/mol. The summed E-state index contributed by atoms with van der Waals surface area (Å²) in [6.45, 7) is 7.60. The van der Waals surface area contributed by atoms with E-state index in [0.717, 1.165) is 17.1 Å². The van der Waals surface area contributed by atoms with Gasteiger partial charge < -0.3 is 5.32 Å². The van der Waals surface area contributed by atoms with Crippen molar-refractivity contribution in [2.24, 2.45) is 0 Å². The second-order valence-electron chi connectivity index (χ2n) is 4.90. The van der Waals surface area contributed by atoms with Gasteiger partial charge in [0.25, 0.3) is 5.95 Å². The van der Waals surface area contributed by atoms with E-state index in [9.17, 15) is 4.79 Å². The van der Waals surface area contributed by atoms with E-state index in [2.05, 4.69) is 36.3 Å². The van der Waals surface area contributed by atoms with Crippen molar-refractivity contribution in [3.63, 3.8) is 0 Å². The van der Waals surface area contributed by atoms with Gasteiger partial charge in [0.05, 0.1) is 10.5 Å². The van der Waals surface area contributed by atoms with E-state index in [-0.39, 0.29) is 10.7 Å². The second-order valence-corrected chi connectivity index (χ2v) is 6.00. The fourth-order valence-corrected chi connectivity index (χ4v) is 2.05. The standard InChI is InChI=1S/C14H18BrN5O/c1-5-11(15)13(21)18-12-7-10(4)19-20(12)14-16-8(2)6-9(3)17-14/h6-7,11H,5H2,1-4H3,(H,18,21). The van der Waals surface area contributed by atoms with Crippen LogP contribution in [0.25, 0.3) is 5.95 Å². The third-order valence-electron chi connectivity index (χ3n) is 2.89. The van der Waals surface area contributed by atoms with Crippen LogP contribution >= 0.6 is 15.9 Å². The molecule has 2 rings (SSSR count). The SMILES string of the molecule is CCC(Br)C(=O)Nc1cc(C)nn1-c1nc(C)cc(C)n1. The van der Waals surface area contributed by atoms with Crippen LogP contribution in [-0.4, -0.2) is 30.5 Å². The predicted octanol–water partition coefficient (Wildman–Crippen LogP) is 2.70.